The molecule has 0 unspecified atom stereocenters. The van der Waals surface area contributed by atoms with Crippen LogP contribution < -0.4 is 4.74 Å². The quantitative estimate of drug-likeness (QED) is 0.588. The van der Waals surface area contributed by atoms with Crippen LogP contribution >= 0.6 is 0 Å². The fraction of sp³-hybridized carbons (Fsp3) is 0.619. The lowest BCUT2D eigenvalue weighted by Gasteiger charge is -2.36. The number of phenols is 1. The lowest BCUT2D eigenvalue weighted by molar-refractivity contribution is -0.151. The van der Waals surface area contributed by atoms with Crippen molar-refractivity contribution in [1.82, 2.24) is 9.80 Å². The van der Waals surface area contributed by atoms with Crippen molar-refractivity contribution in [1.29, 1.82) is 0 Å². The fourth-order valence-corrected chi connectivity index (χ4v) is 3.63. The number of nitrogens with zero attached hydrogens (tertiary/aromatic N) is 2. The summed E-state index contributed by atoms with van der Waals surface area (Å²) in [5.74, 6) is 0.205. The summed E-state index contributed by atoms with van der Waals surface area (Å²) in [7, 11) is 1.62. The molecule has 2 aliphatic rings. The number of rotatable bonds is 9. The first-order valence-corrected chi connectivity index (χ1v) is 10.3. The summed E-state index contributed by atoms with van der Waals surface area (Å²) in [6.45, 7) is 3.40. The van der Waals surface area contributed by atoms with Crippen LogP contribution in [0.25, 0.3) is 0 Å². The van der Waals surface area contributed by atoms with Crippen molar-refractivity contribution >= 4 is 12.0 Å². The topological polar surface area (TPSA) is 109 Å². The average molecular weight is 422 g/mol. The highest BCUT2D eigenvalue weighted by atomic mass is 16.5. The molecule has 1 aliphatic heterocycles. The molecule has 1 saturated heterocycles. The van der Waals surface area contributed by atoms with E-state index in [2.05, 4.69) is 0 Å². The monoisotopic (exact) mass is 422 g/mol. The predicted octanol–water partition coefficient (Wildman–Crippen LogP) is 2.24. The van der Waals surface area contributed by atoms with Gasteiger partial charge in [-0.15, -0.1) is 0 Å². The smallest absolute Gasteiger partial charge is 0.407 e. The molecule has 3 rings (SSSR count). The predicted molar refractivity (Wildman–Crippen MR) is 108 cm³/mol. The van der Waals surface area contributed by atoms with E-state index in [4.69, 9.17) is 14.2 Å². The first kappa shape index (κ1) is 22.2. The first-order valence-electron chi connectivity index (χ1n) is 10.3. The van der Waals surface area contributed by atoms with E-state index >= 15 is 0 Å². The summed E-state index contributed by atoms with van der Waals surface area (Å²) in [5.41, 5.74) is 0.834. The van der Waals surface area contributed by atoms with Gasteiger partial charge in [0.2, 0.25) is 0 Å². The van der Waals surface area contributed by atoms with Crippen molar-refractivity contribution in [3.63, 3.8) is 0 Å². The second-order valence-electron chi connectivity index (χ2n) is 7.66. The minimum atomic E-state index is -1.05. The van der Waals surface area contributed by atoms with Crippen LogP contribution in [0.3, 0.4) is 0 Å². The van der Waals surface area contributed by atoms with E-state index in [1.807, 2.05) is 6.92 Å². The van der Waals surface area contributed by atoms with Crippen LogP contribution in [-0.4, -0.2) is 84.2 Å². The second-order valence-corrected chi connectivity index (χ2v) is 7.66. The highest BCUT2D eigenvalue weighted by molar-refractivity contribution is 5.83. The van der Waals surface area contributed by atoms with Gasteiger partial charge in [0.05, 0.1) is 25.8 Å². The van der Waals surface area contributed by atoms with Crippen molar-refractivity contribution in [3.05, 3.63) is 23.8 Å². The van der Waals surface area contributed by atoms with E-state index in [-0.39, 0.29) is 43.4 Å². The Bertz CT molecular complexity index is 753. The molecule has 0 spiro atoms. The zero-order chi connectivity index (χ0) is 21.7. The van der Waals surface area contributed by atoms with Gasteiger partial charge in [-0.2, -0.15) is 0 Å². The molecule has 2 atom stereocenters. The number of hydrogen-bond donors (Lipinski definition) is 2. The van der Waals surface area contributed by atoms with Gasteiger partial charge in [0.1, 0.15) is 0 Å². The minimum Gasteiger partial charge on any atom is -0.504 e. The third-order valence-corrected chi connectivity index (χ3v) is 5.44. The Balaban J connectivity index is 1.73. The summed E-state index contributed by atoms with van der Waals surface area (Å²) in [6, 6.07) is 4.93. The Morgan fingerprint density at radius 2 is 2.10 bits per heavy atom. The molecule has 2 amide bonds. The summed E-state index contributed by atoms with van der Waals surface area (Å²) in [5, 5.41) is 19.4. The number of morpholine rings is 1. The molecule has 166 valence electrons. The van der Waals surface area contributed by atoms with Crippen LogP contribution in [0.2, 0.25) is 0 Å². The molecule has 0 bridgehead atoms. The molecule has 0 radical (unpaired) electrons. The van der Waals surface area contributed by atoms with Crippen LogP contribution in [0.5, 0.6) is 11.5 Å². The number of hydrogen-bond acceptors (Lipinski definition) is 6. The average Bonchev–Trinajstić information content (AvgIpc) is 3.57. The van der Waals surface area contributed by atoms with E-state index in [0.29, 0.717) is 25.4 Å². The zero-order valence-electron chi connectivity index (χ0n) is 17.5. The molecule has 0 aromatic heterocycles. The highest BCUT2D eigenvalue weighted by Gasteiger charge is 2.41. The number of aromatic hydroxyl groups is 1. The zero-order valence-corrected chi connectivity index (χ0v) is 17.5. The third kappa shape index (κ3) is 5.34. The number of phenolic OH excluding ortho intramolecular Hbond substituents is 1. The molecule has 1 aromatic carbocycles. The van der Waals surface area contributed by atoms with Gasteiger partial charge < -0.3 is 34.2 Å². The van der Waals surface area contributed by atoms with Gasteiger partial charge >= 0.3 is 6.09 Å². The maximum absolute atomic E-state index is 13.2. The lowest BCUT2D eigenvalue weighted by Crippen LogP contribution is -2.53. The summed E-state index contributed by atoms with van der Waals surface area (Å²) in [6.07, 6.45) is 0.658. The van der Waals surface area contributed by atoms with Crippen LogP contribution in [-0.2, 0) is 14.3 Å². The van der Waals surface area contributed by atoms with Crippen molar-refractivity contribution in [2.45, 2.75) is 44.4 Å². The molecule has 1 saturated carbocycles. The molecule has 2 N–H and O–H groups in total. The molecule has 9 nitrogen and oxygen atoms in total. The van der Waals surface area contributed by atoms with Crippen molar-refractivity contribution < 1.29 is 34.0 Å². The van der Waals surface area contributed by atoms with E-state index in [1.54, 1.807) is 30.2 Å². The van der Waals surface area contributed by atoms with Crippen LogP contribution in [0, 0.1) is 0 Å². The summed E-state index contributed by atoms with van der Waals surface area (Å²) < 4.78 is 16.3. The molecule has 9 heteroatoms. The number of carbonyl (C=O) groups excluding carboxylic acids is 1. The van der Waals surface area contributed by atoms with Gasteiger partial charge in [-0.1, -0.05) is 6.07 Å². The van der Waals surface area contributed by atoms with Gasteiger partial charge in [0.25, 0.3) is 5.91 Å². The maximum atomic E-state index is 13.2. The number of methoxy groups -OCH3 is 1. The number of carbonyl (C=O) groups is 2. The molecular weight excluding hydrogens is 392 g/mol. The van der Waals surface area contributed by atoms with Gasteiger partial charge in [-0.3, -0.25) is 4.79 Å². The lowest BCUT2D eigenvalue weighted by atomic mass is 10.0. The summed E-state index contributed by atoms with van der Waals surface area (Å²) >= 11 is 0. The first-order chi connectivity index (χ1) is 14.4. The summed E-state index contributed by atoms with van der Waals surface area (Å²) in [4.78, 5) is 27.5. The van der Waals surface area contributed by atoms with E-state index in [1.165, 1.54) is 4.90 Å². The van der Waals surface area contributed by atoms with Crippen LogP contribution in [0.15, 0.2) is 18.2 Å². The normalized spacial score (nSPS) is 19.9. The minimum absolute atomic E-state index is 0.0353. The fourth-order valence-electron chi connectivity index (χ4n) is 3.63. The largest absolute Gasteiger partial charge is 0.504 e. The molecule has 1 heterocycles. The number of ether oxygens (including phenoxy) is 3. The van der Waals surface area contributed by atoms with Gasteiger partial charge in [0.15, 0.2) is 17.6 Å². The Hall–Kier alpha value is -2.52. The second kappa shape index (κ2) is 9.99. The molecule has 1 aromatic rings. The maximum Gasteiger partial charge on any atom is 0.407 e. The number of amides is 2. The standard InChI is InChI=1S/C21H30N2O7/c1-14(15-4-7-17(24)18(12-15)29-10-3-9-28-2)23(16-5-6-16)20(25)19-13-22(21(26)27)8-11-30-19/h4,7,12,14,16,19,24H,3,5-6,8-11,13H2,1-2H3,(H,26,27)/t14-,19-/m1/s1. The number of benzene rings is 1. The Morgan fingerprint density at radius 3 is 2.77 bits per heavy atom. The van der Waals surface area contributed by atoms with Gasteiger partial charge in [0, 0.05) is 32.7 Å². The molecule has 2 fully saturated rings. The van der Waals surface area contributed by atoms with Crippen molar-refractivity contribution in [2.75, 3.05) is 40.0 Å². The Labute approximate surface area is 176 Å². The van der Waals surface area contributed by atoms with Crippen LogP contribution in [0.4, 0.5) is 4.79 Å². The third-order valence-electron chi connectivity index (χ3n) is 5.44. The van der Waals surface area contributed by atoms with Crippen molar-refractivity contribution in [2.24, 2.45) is 0 Å². The van der Waals surface area contributed by atoms with Crippen LogP contribution in [0.1, 0.15) is 37.8 Å². The van der Waals surface area contributed by atoms with Gasteiger partial charge in [-0.25, -0.2) is 4.79 Å². The van der Waals surface area contributed by atoms with E-state index < -0.39 is 12.2 Å². The molecule has 30 heavy (non-hydrogen) atoms. The Morgan fingerprint density at radius 1 is 1.33 bits per heavy atom. The molecule has 1 aliphatic carbocycles. The molecular formula is C21H30N2O7. The SMILES string of the molecule is COCCCOc1cc([C@@H](C)N(C(=O)[C@H]2CN(C(=O)O)CCO2)C2CC2)ccc1O. The van der Waals surface area contributed by atoms with Crippen molar-refractivity contribution in [3.8, 4) is 11.5 Å². The Kier molecular flexibility index (Phi) is 7.38. The highest BCUT2D eigenvalue weighted by Crippen LogP contribution is 2.38. The van der Waals surface area contributed by atoms with E-state index in [0.717, 1.165) is 18.4 Å². The van der Waals surface area contributed by atoms with Gasteiger partial charge in [-0.05, 0) is 37.5 Å². The number of carboxylic acid groups (broad SMARTS) is 1. The van der Waals surface area contributed by atoms with E-state index in [9.17, 15) is 19.8 Å².